The lowest BCUT2D eigenvalue weighted by atomic mass is 10.00. The van der Waals surface area contributed by atoms with Gasteiger partial charge in [0.1, 0.15) is 6.10 Å². The lowest BCUT2D eigenvalue weighted by Gasteiger charge is -2.09. The molecule has 0 aromatic heterocycles. The number of carbonyl (C=O) groups excluding carboxylic acids is 1. The summed E-state index contributed by atoms with van der Waals surface area (Å²) in [5.74, 6) is -0.0127. The molecular formula is C21H24O2. The predicted molar refractivity (Wildman–Crippen MR) is 92.6 cm³/mol. The van der Waals surface area contributed by atoms with E-state index in [9.17, 15) is 9.90 Å². The van der Waals surface area contributed by atoms with E-state index in [1.807, 2.05) is 0 Å². The fourth-order valence-corrected chi connectivity index (χ4v) is 3.18. The summed E-state index contributed by atoms with van der Waals surface area (Å²) in [6.07, 6.45) is 4.67. The second kappa shape index (κ2) is 7.56. The number of aliphatic hydroxyl groups is 1. The highest BCUT2D eigenvalue weighted by Crippen LogP contribution is 2.16. The molecule has 0 heterocycles. The molecule has 120 valence electrons. The third-order valence-electron chi connectivity index (χ3n) is 4.66. The molecule has 0 amide bonds. The summed E-state index contributed by atoms with van der Waals surface area (Å²) < 4.78 is 0. The van der Waals surface area contributed by atoms with Gasteiger partial charge in [-0.25, -0.2) is 0 Å². The molecule has 2 heteroatoms. The maximum Gasteiger partial charge on any atom is 0.161 e. The summed E-state index contributed by atoms with van der Waals surface area (Å²) in [6, 6.07) is 17.4. The molecule has 23 heavy (non-hydrogen) atoms. The van der Waals surface area contributed by atoms with E-state index in [4.69, 9.17) is 0 Å². The predicted octanol–water partition coefficient (Wildman–Crippen LogP) is 3.87. The van der Waals surface area contributed by atoms with Crippen molar-refractivity contribution in [2.75, 3.05) is 0 Å². The molecule has 1 atom stereocenters. The summed E-state index contributed by atoms with van der Waals surface area (Å²) in [7, 11) is 0. The zero-order chi connectivity index (χ0) is 16.1. The normalized spacial score (nSPS) is 19.7. The van der Waals surface area contributed by atoms with Crippen LogP contribution in [0.5, 0.6) is 0 Å². The average Bonchev–Trinajstić information content (AvgIpc) is 2.57. The van der Waals surface area contributed by atoms with Crippen LogP contribution in [-0.4, -0.2) is 17.0 Å². The zero-order valence-corrected chi connectivity index (χ0v) is 13.5. The molecule has 5 rings (SSSR count). The molecule has 3 aliphatic rings. The van der Waals surface area contributed by atoms with Crippen molar-refractivity contribution in [2.24, 2.45) is 0 Å². The molecule has 0 saturated carbocycles. The highest BCUT2D eigenvalue weighted by atomic mass is 16.3. The van der Waals surface area contributed by atoms with Crippen molar-refractivity contribution in [1.29, 1.82) is 0 Å². The number of carbonyl (C=O) groups is 1. The first-order valence-corrected chi connectivity index (χ1v) is 8.57. The summed E-state index contributed by atoms with van der Waals surface area (Å²) in [5, 5.41) is 10.00. The number of hydrogen-bond acceptors (Lipinski definition) is 2. The lowest BCUT2D eigenvalue weighted by molar-refractivity contribution is -0.127. The van der Waals surface area contributed by atoms with Crippen LogP contribution in [0.1, 0.15) is 47.9 Å². The molecule has 1 N–H and O–H groups in total. The number of Topliss-reactive ketones (excluding diaryl/α,β-unsaturated/α-hetero) is 1. The highest BCUT2D eigenvalue weighted by molar-refractivity contribution is 5.82. The van der Waals surface area contributed by atoms with Gasteiger partial charge in [0.25, 0.3) is 0 Å². The molecule has 2 aromatic rings. The van der Waals surface area contributed by atoms with Crippen LogP contribution in [0.4, 0.5) is 0 Å². The monoisotopic (exact) mass is 308 g/mol. The fourth-order valence-electron chi connectivity index (χ4n) is 3.18. The molecule has 2 nitrogen and oxygen atoms in total. The smallest absolute Gasteiger partial charge is 0.161 e. The summed E-state index contributed by atoms with van der Waals surface area (Å²) in [6.45, 7) is 0. The van der Waals surface area contributed by atoms with Gasteiger partial charge in [-0.05, 0) is 60.8 Å². The van der Waals surface area contributed by atoms with Crippen LogP contribution >= 0.6 is 0 Å². The summed E-state index contributed by atoms with van der Waals surface area (Å²) in [5.41, 5.74) is 5.17. The second-order valence-corrected chi connectivity index (χ2v) is 6.54. The average molecular weight is 308 g/mol. The molecule has 0 fully saturated rings. The number of aliphatic hydroxyl groups excluding tert-OH is 1. The minimum absolute atomic E-state index is 0.0127. The van der Waals surface area contributed by atoms with E-state index in [1.165, 1.54) is 22.3 Å². The molecule has 1 unspecified atom stereocenters. The summed E-state index contributed by atoms with van der Waals surface area (Å²) >= 11 is 0. The van der Waals surface area contributed by atoms with Crippen molar-refractivity contribution in [1.82, 2.24) is 0 Å². The second-order valence-electron chi connectivity index (χ2n) is 6.54. The number of rotatable bonds is 0. The molecular weight excluding hydrogens is 284 g/mol. The third-order valence-corrected chi connectivity index (χ3v) is 4.66. The van der Waals surface area contributed by atoms with Crippen molar-refractivity contribution >= 4 is 5.78 Å². The molecule has 4 bridgehead atoms. The number of hydrogen-bond donors (Lipinski definition) is 1. The quantitative estimate of drug-likeness (QED) is 0.802. The van der Waals surface area contributed by atoms with E-state index in [1.54, 1.807) is 0 Å². The Bertz CT molecular complexity index is 641. The van der Waals surface area contributed by atoms with E-state index in [2.05, 4.69) is 48.5 Å². The SMILES string of the molecule is O=C1CCCc2ccc(cc2)Cc2ccc(cc2)CCCC1O. The minimum Gasteiger partial charge on any atom is -0.385 e. The Hall–Kier alpha value is -1.93. The maximum atomic E-state index is 12.0. The Morgan fingerprint density at radius 2 is 1.17 bits per heavy atom. The van der Waals surface area contributed by atoms with E-state index in [0.717, 1.165) is 32.1 Å². The van der Waals surface area contributed by atoms with Crippen LogP contribution in [0.2, 0.25) is 0 Å². The van der Waals surface area contributed by atoms with Crippen molar-refractivity contribution in [3.05, 3.63) is 70.8 Å². The van der Waals surface area contributed by atoms with Gasteiger partial charge in [-0.1, -0.05) is 48.5 Å². The van der Waals surface area contributed by atoms with Gasteiger partial charge in [0, 0.05) is 6.42 Å². The standard InChI is InChI=1S/C21H24O2/c22-20-5-1-3-16-7-11-18(12-8-16)15-19-13-9-17(10-14-19)4-2-6-21(20)23/h7-14,20,22H,1-6,15H2. The molecule has 0 saturated heterocycles. The van der Waals surface area contributed by atoms with Crippen LogP contribution in [0, 0.1) is 0 Å². The van der Waals surface area contributed by atoms with Crippen LogP contribution in [-0.2, 0) is 24.1 Å². The fraction of sp³-hybridized carbons (Fsp3) is 0.381. The van der Waals surface area contributed by atoms with E-state index in [-0.39, 0.29) is 5.78 Å². The van der Waals surface area contributed by atoms with Gasteiger partial charge in [0.05, 0.1) is 0 Å². The van der Waals surface area contributed by atoms with Crippen molar-refractivity contribution < 1.29 is 9.90 Å². The largest absolute Gasteiger partial charge is 0.385 e. The van der Waals surface area contributed by atoms with Gasteiger partial charge < -0.3 is 5.11 Å². The van der Waals surface area contributed by atoms with Crippen LogP contribution < -0.4 is 0 Å². The molecule has 3 aliphatic carbocycles. The maximum absolute atomic E-state index is 12.0. The van der Waals surface area contributed by atoms with E-state index >= 15 is 0 Å². The zero-order valence-electron chi connectivity index (χ0n) is 13.5. The number of benzene rings is 2. The van der Waals surface area contributed by atoms with E-state index in [0.29, 0.717) is 12.8 Å². The topological polar surface area (TPSA) is 37.3 Å². The summed E-state index contributed by atoms with van der Waals surface area (Å²) in [4.78, 5) is 12.0. The van der Waals surface area contributed by atoms with Gasteiger partial charge in [-0.15, -0.1) is 0 Å². The lowest BCUT2D eigenvalue weighted by Crippen LogP contribution is -2.20. The van der Waals surface area contributed by atoms with Crippen molar-refractivity contribution in [3.63, 3.8) is 0 Å². The first-order chi connectivity index (χ1) is 11.2. The molecule has 2 aromatic carbocycles. The van der Waals surface area contributed by atoms with E-state index < -0.39 is 6.10 Å². The van der Waals surface area contributed by atoms with Gasteiger partial charge in [0.2, 0.25) is 0 Å². The van der Waals surface area contributed by atoms with Gasteiger partial charge in [-0.2, -0.15) is 0 Å². The Morgan fingerprint density at radius 3 is 1.74 bits per heavy atom. The number of fused-ring (bicyclic) bond motifs is 2. The van der Waals surface area contributed by atoms with Crippen LogP contribution in [0.3, 0.4) is 0 Å². The Morgan fingerprint density at radius 1 is 0.696 bits per heavy atom. The van der Waals surface area contributed by atoms with Crippen molar-refractivity contribution in [2.45, 2.75) is 51.0 Å². The van der Waals surface area contributed by atoms with Crippen LogP contribution in [0.15, 0.2) is 48.5 Å². The highest BCUT2D eigenvalue weighted by Gasteiger charge is 2.14. The first kappa shape index (κ1) is 15.9. The Kier molecular flexibility index (Phi) is 5.24. The number of ketones is 1. The minimum atomic E-state index is -0.799. The van der Waals surface area contributed by atoms with Gasteiger partial charge in [0.15, 0.2) is 5.78 Å². The number of aryl methyl sites for hydroxylation is 2. The Balaban J connectivity index is 1.79. The van der Waals surface area contributed by atoms with Crippen LogP contribution in [0.25, 0.3) is 0 Å². The van der Waals surface area contributed by atoms with Gasteiger partial charge >= 0.3 is 0 Å². The van der Waals surface area contributed by atoms with Crippen molar-refractivity contribution in [3.8, 4) is 0 Å². The third kappa shape index (κ3) is 4.52. The molecule has 0 radical (unpaired) electrons. The first-order valence-electron chi connectivity index (χ1n) is 8.57. The van der Waals surface area contributed by atoms with Gasteiger partial charge in [-0.3, -0.25) is 4.79 Å². The Labute approximate surface area is 138 Å². The molecule has 0 spiro atoms. The molecule has 0 aliphatic heterocycles.